The Labute approximate surface area is 172 Å². The number of fused-ring (bicyclic) bond motifs is 1. The molecule has 0 amide bonds. The second kappa shape index (κ2) is 17.7. The molecule has 1 fully saturated rings. The molecular formula is C21H41NSiTi. The van der Waals surface area contributed by atoms with Crippen molar-refractivity contribution in [2.75, 3.05) is 0 Å². The van der Waals surface area contributed by atoms with Crippen LogP contribution in [0.15, 0.2) is 48.6 Å². The molecule has 1 nitrogen and oxygen atoms in total. The van der Waals surface area contributed by atoms with Crippen molar-refractivity contribution in [3.63, 3.8) is 0 Å². The molecule has 0 radical (unpaired) electrons. The largest absolute Gasteiger partial charge is 4.00 e. The molecule has 0 aromatic rings. The Bertz CT molecular complexity index is 342. The fourth-order valence-corrected chi connectivity index (χ4v) is 1.69. The minimum atomic E-state index is -0.250. The third kappa shape index (κ3) is 21.9. The van der Waals surface area contributed by atoms with Crippen LogP contribution in [0.4, 0.5) is 0 Å². The van der Waals surface area contributed by atoms with E-state index in [2.05, 4.69) is 43.9 Å². The van der Waals surface area contributed by atoms with Crippen LogP contribution in [0, 0.1) is 33.1 Å². The molecule has 0 aromatic heterocycles. The summed E-state index contributed by atoms with van der Waals surface area (Å²) >= 11 is 0. The first-order chi connectivity index (χ1) is 9.11. The van der Waals surface area contributed by atoms with E-state index in [0.717, 1.165) is 23.0 Å². The molecule has 0 spiro atoms. The summed E-state index contributed by atoms with van der Waals surface area (Å²) in [6.45, 7) is 16.8. The number of hydrogen-bond acceptors (Lipinski definition) is 0. The van der Waals surface area contributed by atoms with Gasteiger partial charge in [-0.3, -0.25) is 0 Å². The van der Waals surface area contributed by atoms with E-state index >= 15 is 0 Å². The molecular weight excluding hydrogens is 342 g/mol. The van der Waals surface area contributed by atoms with Gasteiger partial charge in [0, 0.05) is 0 Å². The molecule has 0 aliphatic heterocycles. The third-order valence-electron chi connectivity index (χ3n) is 2.96. The van der Waals surface area contributed by atoms with Gasteiger partial charge in [-0.05, 0) is 30.7 Å². The van der Waals surface area contributed by atoms with Crippen LogP contribution in [-0.4, -0.2) is 16.5 Å². The molecule has 1 N–H and O–H groups in total. The average molecular weight is 384 g/mol. The Kier molecular flexibility index (Phi) is 25.8. The first-order valence-electron chi connectivity index (χ1n) is 7.36. The summed E-state index contributed by atoms with van der Waals surface area (Å²) in [6, 6.07) is 0. The summed E-state index contributed by atoms with van der Waals surface area (Å²) in [6.07, 6.45) is 14.1. The number of nitrogens with one attached hydrogen (secondary N) is 1. The molecule has 0 aromatic carbocycles. The van der Waals surface area contributed by atoms with Crippen molar-refractivity contribution in [3.05, 3.63) is 75.6 Å². The Morgan fingerprint density at radius 2 is 1.42 bits per heavy atom. The van der Waals surface area contributed by atoms with Crippen molar-refractivity contribution >= 4 is 11.0 Å². The van der Waals surface area contributed by atoms with Crippen LogP contribution in [0.5, 0.6) is 0 Å². The summed E-state index contributed by atoms with van der Waals surface area (Å²) in [4.78, 5) is 0. The van der Waals surface area contributed by atoms with E-state index in [0.29, 0.717) is 0 Å². The van der Waals surface area contributed by atoms with Crippen molar-refractivity contribution in [3.8, 4) is 0 Å². The first-order valence-corrected chi connectivity index (χ1v) is 7.36. The monoisotopic (exact) mass is 383 g/mol. The Morgan fingerprint density at radius 3 is 1.75 bits per heavy atom. The Balaban J connectivity index is -0.0000000731. The van der Waals surface area contributed by atoms with Crippen LogP contribution in [0.1, 0.15) is 47.5 Å². The van der Waals surface area contributed by atoms with Gasteiger partial charge in [-0.1, -0.05) is 69.7 Å². The number of rotatable bonds is 1. The van der Waals surface area contributed by atoms with Crippen LogP contribution in [0.3, 0.4) is 0 Å². The first kappa shape index (κ1) is 35.0. The molecule has 3 heteroatoms. The second-order valence-corrected chi connectivity index (χ2v) is 6.63. The maximum atomic E-state index is 6.94. The average Bonchev–Trinajstić information content (AvgIpc) is 2.75. The van der Waals surface area contributed by atoms with Crippen LogP contribution in [0.2, 0.25) is 0 Å². The van der Waals surface area contributed by atoms with Crippen molar-refractivity contribution < 1.29 is 21.7 Å². The molecule has 2 atom stereocenters. The van der Waals surface area contributed by atoms with Crippen LogP contribution >= 0.6 is 0 Å². The van der Waals surface area contributed by atoms with Gasteiger partial charge in [0.15, 0.2) is 0 Å². The van der Waals surface area contributed by atoms with E-state index in [1.807, 2.05) is 34.6 Å². The van der Waals surface area contributed by atoms with Crippen LogP contribution in [-0.2, 0) is 21.7 Å². The van der Waals surface area contributed by atoms with Gasteiger partial charge < -0.3 is 27.0 Å². The summed E-state index contributed by atoms with van der Waals surface area (Å²) in [5.74, 6) is 1.62. The predicted octanol–water partition coefficient (Wildman–Crippen LogP) is 5.77. The van der Waals surface area contributed by atoms with E-state index < -0.39 is 0 Å². The second-order valence-electron chi connectivity index (χ2n) is 6.63. The van der Waals surface area contributed by atoms with Gasteiger partial charge in [-0.15, -0.1) is 17.5 Å². The van der Waals surface area contributed by atoms with Crippen LogP contribution in [0.25, 0.3) is 5.73 Å². The van der Waals surface area contributed by atoms with E-state index in [4.69, 9.17) is 5.73 Å². The SMILES string of the molecule is C1=CC2[CH-]CCC2C=C1.C=C(C)C(=C)C.CC(C)(C)[NH-].[CH3-].[CH3-].[SiH4].[Ti+4]. The van der Waals surface area contributed by atoms with E-state index in [1.54, 1.807) is 0 Å². The fraction of sp³-hybridized carbons (Fsp3) is 0.476. The fourth-order valence-electron chi connectivity index (χ4n) is 1.69. The maximum absolute atomic E-state index is 6.94. The summed E-state index contributed by atoms with van der Waals surface area (Å²) in [5, 5.41) is 0. The summed E-state index contributed by atoms with van der Waals surface area (Å²) in [5.41, 5.74) is 8.82. The quantitative estimate of drug-likeness (QED) is 0.312. The molecule has 2 rings (SSSR count). The number of allylic oxidation sites excluding steroid dienone is 6. The van der Waals surface area contributed by atoms with Crippen LogP contribution < -0.4 is 0 Å². The standard InChI is InChI=1S/C9H11.C6H10.C4H10N.2CH3.H4Si.Ti/c1-2-5-9-7-3-6-8(9)4-1;1-5(2)6(3)4;1-4(2,3)5;;;;/h1-2,4-6,8-9H,3,7H2;1,3H2,2,4H3;5H,1-3H3;2*1H3;1H4;/q-1;;3*-1;;+4. The van der Waals surface area contributed by atoms with Gasteiger partial charge in [0.2, 0.25) is 0 Å². The number of hydrogen-bond donors (Lipinski definition) is 0. The van der Waals surface area contributed by atoms with Crippen molar-refractivity contribution in [1.82, 2.24) is 0 Å². The minimum absolute atomic E-state index is 0. The molecule has 2 unspecified atom stereocenters. The van der Waals surface area contributed by atoms with Crippen molar-refractivity contribution in [2.24, 2.45) is 11.8 Å². The summed E-state index contributed by atoms with van der Waals surface area (Å²) < 4.78 is 0. The molecule has 138 valence electrons. The zero-order valence-electron chi connectivity index (χ0n) is 16.4. The van der Waals surface area contributed by atoms with Crippen molar-refractivity contribution in [2.45, 2.75) is 53.0 Å². The molecule has 0 heterocycles. The maximum Gasteiger partial charge on any atom is 4.00 e. The smallest absolute Gasteiger partial charge is 0.673 e. The normalized spacial score (nSPS) is 19.1. The molecule has 0 bridgehead atoms. The van der Waals surface area contributed by atoms with Gasteiger partial charge in [0.1, 0.15) is 0 Å². The van der Waals surface area contributed by atoms with E-state index in [-0.39, 0.29) is 53.1 Å². The van der Waals surface area contributed by atoms with Gasteiger partial charge in [0.05, 0.1) is 0 Å². The zero-order valence-corrected chi connectivity index (χ0v) is 17.9. The van der Waals surface area contributed by atoms with Crippen molar-refractivity contribution in [1.29, 1.82) is 0 Å². The van der Waals surface area contributed by atoms with E-state index in [9.17, 15) is 0 Å². The van der Waals surface area contributed by atoms with Gasteiger partial charge >= 0.3 is 21.7 Å². The molecule has 0 saturated heterocycles. The molecule has 1 saturated carbocycles. The molecule has 2 aliphatic rings. The zero-order chi connectivity index (χ0) is 15.8. The van der Waals surface area contributed by atoms with Gasteiger partial charge in [0.25, 0.3) is 0 Å². The Hall–Kier alpha value is -0.149. The summed E-state index contributed by atoms with van der Waals surface area (Å²) in [7, 11) is 0. The van der Waals surface area contributed by atoms with Gasteiger partial charge in [-0.2, -0.15) is 6.42 Å². The predicted molar refractivity (Wildman–Crippen MR) is 117 cm³/mol. The molecule has 24 heavy (non-hydrogen) atoms. The molecule has 2 aliphatic carbocycles. The third-order valence-corrected chi connectivity index (χ3v) is 2.96. The minimum Gasteiger partial charge on any atom is -0.673 e. The Morgan fingerprint density at radius 1 is 1.04 bits per heavy atom. The van der Waals surface area contributed by atoms with Gasteiger partial charge in [-0.25, -0.2) is 0 Å². The topological polar surface area (TPSA) is 23.8 Å². The van der Waals surface area contributed by atoms with E-state index in [1.165, 1.54) is 12.8 Å².